The van der Waals surface area contributed by atoms with E-state index >= 15 is 0 Å². The molecule has 0 fully saturated rings. The van der Waals surface area contributed by atoms with E-state index in [4.69, 9.17) is 0 Å². The zero-order valence-electron chi connectivity index (χ0n) is 8.81. The van der Waals surface area contributed by atoms with Crippen molar-refractivity contribution in [2.75, 3.05) is 7.05 Å². The summed E-state index contributed by atoms with van der Waals surface area (Å²) in [7, 11) is 1.41. The third-order valence-electron chi connectivity index (χ3n) is 2.17. The van der Waals surface area contributed by atoms with Crippen LogP contribution in [0.4, 0.5) is 0 Å². The Morgan fingerprint density at radius 2 is 2.24 bits per heavy atom. The van der Waals surface area contributed by atoms with Crippen LogP contribution in [0.3, 0.4) is 0 Å². The number of hydrogen-bond donors (Lipinski definition) is 1. The fourth-order valence-electron chi connectivity index (χ4n) is 1.39. The minimum Gasteiger partial charge on any atom is -0.858 e. The molecule has 6 nitrogen and oxygen atoms in total. The van der Waals surface area contributed by atoms with E-state index in [1.165, 1.54) is 11.7 Å². The Morgan fingerprint density at radius 3 is 2.82 bits per heavy atom. The van der Waals surface area contributed by atoms with E-state index in [1.54, 1.807) is 24.3 Å². The first-order valence-electron chi connectivity index (χ1n) is 4.67. The van der Waals surface area contributed by atoms with Gasteiger partial charge in [0, 0.05) is 29.0 Å². The molecule has 0 aliphatic carbocycles. The normalized spacial score (nSPS) is 11.8. The second-order valence-corrected chi connectivity index (χ2v) is 3.90. The maximum Gasteiger partial charge on any atom is 0.442 e. The van der Waals surface area contributed by atoms with Gasteiger partial charge >= 0.3 is 10.2 Å². The van der Waals surface area contributed by atoms with Crippen molar-refractivity contribution in [3.8, 4) is 5.69 Å². The van der Waals surface area contributed by atoms with Crippen molar-refractivity contribution in [2.24, 2.45) is 4.99 Å². The fourth-order valence-corrected chi connectivity index (χ4v) is 1.73. The van der Waals surface area contributed by atoms with Crippen molar-refractivity contribution < 1.29 is 14.3 Å². The van der Waals surface area contributed by atoms with Gasteiger partial charge in [-0.15, -0.1) is 0 Å². The largest absolute Gasteiger partial charge is 0.858 e. The summed E-state index contributed by atoms with van der Waals surface area (Å²) in [6.07, 6.45) is 0. The summed E-state index contributed by atoms with van der Waals surface area (Å²) < 4.78 is 6.12. The van der Waals surface area contributed by atoms with E-state index in [2.05, 4.69) is 30.7 Å². The molecule has 0 aliphatic heterocycles. The second kappa shape index (κ2) is 4.54. The lowest BCUT2D eigenvalue weighted by Crippen LogP contribution is -2.38. The SMILES string of the molecule is CN=C([O-])c1ccccc1-[n+]1[nH]oc(=O)c1Br. The van der Waals surface area contributed by atoms with Crippen LogP contribution in [0, 0.1) is 0 Å². The number of rotatable bonds is 2. The summed E-state index contributed by atoms with van der Waals surface area (Å²) in [5, 5.41) is 14.0. The predicted octanol–water partition coefficient (Wildman–Crippen LogP) is -0.256. The number of nitrogens with zero attached hydrogens (tertiary/aromatic N) is 2. The molecule has 0 radical (unpaired) electrons. The Balaban J connectivity index is 2.68. The van der Waals surface area contributed by atoms with Gasteiger partial charge in [-0.1, -0.05) is 12.1 Å². The number of hydrogen-bond acceptors (Lipinski definition) is 4. The summed E-state index contributed by atoms with van der Waals surface area (Å²) in [6, 6.07) is 6.76. The number of aromatic amines is 1. The molecule has 0 saturated carbocycles. The van der Waals surface area contributed by atoms with Crippen molar-refractivity contribution in [1.29, 1.82) is 0 Å². The van der Waals surface area contributed by atoms with Crippen LogP contribution in [-0.2, 0) is 0 Å². The van der Waals surface area contributed by atoms with Crippen molar-refractivity contribution in [3.05, 3.63) is 44.9 Å². The fraction of sp³-hybridized carbons (Fsp3) is 0.100. The number of halogens is 1. The molecule has 0 saturated heterocycles. The van der Waals surface area contributed by atoms with Gasteiger partial charge < -0.3 is 10.1 Å². The van der Waals surface area contributed by atoms with Crippen LogP contribution in [0.15, 0.2) is 43.2 Å². The lowest BCUT2D eigenvalue weighted by Gasteiger charge is -2.09. The molecule has 17 heavy (non-hydrogen) atoms. The smallest absolute Gasteiger partial charge is 0.442 e. The molecule has 0 aliphatic rings. The lowest BCUT2D eigenvalue weighted by atomic mass is 10.2. The quantitative estimate of drug-likeness (QED) is 0.471. The Kier molecular flexibility index (Phi) is 3.10. The summed E-state index contributed by atoms with van der Waals surface area (Å²) in [6.45, 7) is 0. The van der Waals surface area contributed by atoms with Crippen LogP contribution in [0.25, 0.3) is 5.69 Å². The minimum atomic E-state index is -0.555. The molecule has 2 rings (SSSR count). The van der Waals surface area contributed by atoms with Crippen LogP contribution in [0.1, 0.15) is 5.56 Å². The zero-order chi connectivity index (χ0) is 12.4. The number of aliphatic imine (C=N–C) groups is 1. The van der Waals surface area contributed by atoms with Crippen molar-refractivity contribution in [1.82, 2.24) is 5.27 Å². The second-order valence-electron chi connectivity index (χ2n) is 3.15. The lowest BCUT2D eigenvalue weighted by molar-refractivity contribution is -0.680. The number of nitrogens with one attached hydrogen (secondary N) is 1. The Labute approximate surface area is 104 Å². The van der Waals surface area contributed by atoms with Gasteiger partial charge in [-0.3, -0.25) is 4.52 Å². The summed E-state index contributed by atoms with van der Waals surface area (Å²) in [4.78, 5) is 14.8. The molecule has 1 heterocycles. The van der Waals surface area contributed by atoms with Crippen LogP contribution in [0.5, 0.6) is 0 Å². The topological polar surface area (TPSA) is 85.3 Å². The molecule has 1 N–H and O–H groups in total. The summed E-state index contributed by atoms with van der Waals surface area (Å²) in [5.41, 5.74) is 0.305. The van der Waals surface area contributed by atoms with Crippen LogP contribution >= 0.6 is 15.9 Å². The molecule has 2 aromatic rings. The Hall–Kier alpha value is -1.89. The first-order chi connectivity index (χ1) is 8.15. The van der Waals surface area contributed by atoms with E-state index < -0.39 is 5.63 Å². The third kappa shape index (κ3) is 2.01. The molecular weight excluding hydrogens is 290 g/mol. The molecule has 0 amide bonds. The molecule has 88 valence electrons. The monoisotopic (exact) mass is 297 g/mol. The highest BCUT2D eigenvalue weighted by molar-refractivity contribution is 9.10. The van der Waals surface area contributed by atoms with E-state index in [9.17, 15) is 9.90 Å². The first kappa shape index (κ1) is 11.6. The van der Waals surface area contributed by atoms with Gasteiger partial charge in [0.25, 0.3) is 0 Å². The minimum absolute atomic E-state index is 0.175. The van der Waals surface area contributed by atoms with Gasteiger partial charge in [-0.25, -0.2) is 4.79 Å². The van der Waals surface area contributed by atoms with Crippen LogP contribution in [-0.4, -0.2) is 18.2 Å². The van der Waals surface area contributed by atoms with Gasteiger partial charge in [0.05, 0.1) is 5.56 Å². The van der Waals surface area contributed by atoms with E-state index in [-0.39, 0.29) is 10.5 Å². The maximum atomic E-state index is 11.6. The highest BCUT2D eigenvalue weighted by Crippen LogP contribution is 2.09. The molecular formula is C10H8BrN3O3. The molecule has 0 spiro atoms. The van der Waals surface area contributed by atoms with Crippen molar-refractivity contribution >= 4 is 21.8 Å². The summed E-state index contributed by atoms with van der Waals surface area (Å²) in [5.74, 6) is -0.373. The van der Waals surface area contributed by atoms with Gasteiger partial charge in [0.1, 0.15) is 0 Å². The van der Waals surface area contributed by atoms with Crippen LogP contribution in [0.2, 0.25) is 0 Å². The van der Waals surface area contributed by atoms with Gasteiger partial charge in [0.2, 0.25) is 5.69 Å². The molecule has 7 heteroatoms. The number of benzene rings is 1. The number of para-hydroxylation sites is 1. The van der Waals surface area contributed by atoms with Gasteiger partial charge in [-0.2, -0.15) is 0 Å². The molecule has 1 aromatic carbocycles. The predicted molar refractivity (Wildman–Crippen MR) is 61.0 cm³/mol. The molecule has 0 unspecified atom stereocenters. The zero-order valence-corrected chi connectivity index (χ0v) is 10.4. The summed E-state index contributed by atoms with van der Waals surface area (Å²) >= 11 is 3.08. The van der Waals surface area contributed by atoms with E-state index in [0.717, 1.165) is 0 Å². The average Bonchev–Trinajstić information content (AvgIpc) is 2.69. The molecule has 0 atom stereocenters. The molecule has 1 aromatic heterocycles. The average molecular weight is 298 g/mol. The van der Waals surface area contributed by atoms with Gasteiger partial charge in [0.15, 0.2) is 0 Å². The number of aromatic nitrogens is 2. The maximum absolute atomic E-state index is 11.6. The standard InChI is InChI=1S/C10H8BrN3O3/c1-12-9(15)6-4-2-3-5-7(6)14-8(11)10(16)17-13-14/h2-5H,1H3,(H-,12,13,15,16). The van der Waals surface area contributed by atoms with Crippen molar-refractivity contribution in [2.45, 2.75) is 0 Å². The first-order valence-corrected chi connectivity index (χ1v) is 5.47. The van der Waals surface area contributed by atoms with E-state index in [0.29, 0.717) is 11.3 Å². The van der Waals surface area contributed by atoms with Gasteiger partial charge in [-0.05, 0) is 21.9 Å². The Morgan fingerprint density at radius 1 is 1.53 bits per heavy atom. The van der Waals surface area contributed by atoms with Crippen molar-refractivity contribution in [3.63, 3.8) is 0 Å². The van der Waals surface area contributed by atoms with Crippen LogP contribution < -0.4 is 15.4 Å². The van der Waals surface area contributed by atoms with E-state index in [1.807, 2.05) is 0 Å². The highest BCUT2D eigenvalue weighted by Gasteiger charge is 2.22. The highest BCUT2D eigenvalue weighted by atomic mass is 79.9. The third-order valence-corrected chi connectivity index (χ3v) is 2.85. The molecule has 0 bridgehead atoms. The Bertz CT molecular complexity index is 630. The number of H-pyrrole nitrogens is 1.